The van der Waals surface area contributed by atoms with Gasteiger partial charge in [-0.2, -0.15) is 5.26 Å². The highest BCUT2D eigenvalue weighted by Crippen LogP contribution is 2.26. The topological polar surface area (TPSA) is 33.0 Å². The first-order valence-corrected chi connectivity index (χ1v) is 5.44. The Kier molecular flexibility index (Phi) is 3.42. The average molecular weight is 223 g/mol. The number of rotatable bonds is 3. The van der Waals surface area contributed by atoms with E-state index in [2.05, 4.69) is 6.07 Å². The van der Waals surface area contributed by atoms with Crippen molar-refractivity contribution in [2.24, 2.45) is 0 Å². The van der Waals surface area contributed by atoms with Gasteiger partial charge >= 0.3 is 0 Å². The molecular formula is C15H13NO. The molecule has 0 amide bonds. The van der Waals surface area contributed by atoms with Crippen molar-refractivity contribution in [3.63, 3.8) is 0 Å². The van der Waals surface area contributed by atoms with Crippen molar-refractivity contribution >= 4 is 0 Å². The molecule has 0 fully saturated rings. The fourth-order valence-corrected chi connectivity index (χ4v) is 1.77. The molecule has 0 bridgehead atoms. The van der Waals surface area contributed by atoms with Crippen molar-refractivity contribution in [1.82, 2.24) is 0 Å². The maximum atomic E-state index is 8.75. The summed E-state index contributed by atoms with van der Waals surface area (Å²) in [5.74, 6) is 0.789. The van der Waals surface area contributed by atoms with Crippen LogP contribution in [0.1, 0.15) is 5.56 Å². The molecule has 0 saturated heterocycles. The number of ether oxygens (including phenoxy) is 1. The predicted molar refractivity (Wildman–Crippen MR) is 67.7 cm³/mol. The largest absolute Gasteiger partial charge is 0.497 e. The molecule has 0 aliphatic heterocycles. The second kappa shape index (κ2) is 5.18. The van der Waals surface area contributed by atoms with E-state index in [1.807, 2.05) is 48.5 Å². The Balaban J connectivity index is 2.47. The highest BCUT2D eigenvalue weighted by atomic mass is 16.5. The van der Waals surface area contributed by atoms with Crippen molar-refractivity contribution < 1.29 is 4.74 Å². The molecule has 84 valence electrons. The fraction of sp³-hybridized carbons (Fsp3) is 0.133. The molecule has 0 radical (unpaired) electrons. The number of nitriles is 1. The van der Waals surface area contributed by atoms with E-state index in [0.717, 1.165) is 22.4 Å². The van der Waals surface area contributed by atoms with Crippen LogP contribution in [0.25, 0.3) is 11.1 Å². The van der Waals surface area contributed by atoms with Gasteiger partial charge in [-0.25, -0.2) is 0 Å². The average Bonchev–Trinajstić information content (AvgIpc) is 2.40. The molecule has 0 aromatic heterocycles. The van der Waals surface area contributed by atoms with Gasteiger partial charge in [0, 0.05) is 0 Å². The predicted octanol–water partition coefficient (Wildman–Crippen LogP) is 3.43. The Morgan fingerprint density at radius 1 is 1.06 bits per heavy atom. The zero-order valence-corrected chi connectivity index (χ0v) is 9.68. The minimum atomic E-state index is 0.400. The van der Waals surface area contributed by atoms with Gasteiger partial charge in [-0.15, -0.1) is 0 Å². The second-order valence-corrected chi connectivity index (χ2v) is 3.77. The summed E-state index contributed by atoms with van der Waals surface area (Å²) < 4.78 is 5.25. The van der Waals surface area contributed by atoms with Gasteiger partial charge in [-0.1, -0.05) is 30.3 Å². The first kappa shape index (κ1) is 11.2. The van der Waals surface area contributed by atoms with E-state index >= 15 is 0 Å². The lowest BCUT2D eigenvalue weighted by Crippen LogP contribution is -1.89. The maximum Gasteiger partial charge on any atom is 0.119 e. The highest BCUT2D eigenvalue weighted by molar-refractivity contribution is 5.66. The SMILES string of the molecule is COc1cc(CC#N)cc(-c2ccccc2)c1. The normalized spacial score (nSPS) is 9.65. The van der Waals surface area contributed by atoms with E-state index in [-0.39, 0.29) is 0 Å². The van der Waals surface area contributed by atoms with Crippen LogP contribution in [0, 0.1) is 11.3 Å². The van der Waals surface area contributed by atoms with Crippen LogP contribution in [0.2, 0.25) is 0 Å². The van der Waals surface area contributed by atoms with Crippen molar-refractivity contribution in [3.05, 3.63) is 54.1 Å². The van der Waals surface area contributed by atoms with Crippen LogP contribution < -0.4 is 4.74 Å². The molecule has 0 aliphatic carbocycles. The third kappa shape index (κ3) is 2.64. The summed E-state index contributed by atoms with van der Waals surface area (Å²) in [4.78, 5) is 0. The Morgan fingerprint density at radius 2 is 1.82 bits per heavy atom. The molecule has 2 aromatic carbocycles. The Hall–Kier alpha value is -2.27. The maximum absolute atomic E-state index is 8.75. The van der Waals surface area contributed by atoms with Gasteiger partial charge in [0.05, 0.1) is 19.6 Å². The summed E-state index contributed by atoms with van der Waals surface area (Å²) in [6.07, 6.45) is 0.400. The summed E-state index contributed by atoms with van der Waals surface area (Å²) in [7, 11) is 1.64. The number of hydrogen-bond acceptors (Lipinski definition) is 2. The van der Waals surface area contributed by atoms with E-state index in [1.54, 1.807) is 7.11 Å². The Morgan fingerprint density at radius 3 is 2.47 bits per heavy atom. The first-order valence-electron chi connectivity index (χ1n) is 5.44. The van der Waals surface area contributed by atoms with Crippen LogP contribution >= 0.6 is 0 Å². The Bertz CT molecular complexity index is 541. The first-order chi connectivity index (χ1) is 8.33. The standard InChI is InChI=1S/C15H13NO/c1-17-15-10-12(7-8-16)9-14(11-15)13-5-3-2-4-6-13/h2-6,9-11H,7H2,1H3. The van der Waals surface area contributed by atoms with Gasteiger partial charge in [-0.3, -0.25) is 0 Å². The molecule has 0 atom stereocenters. The van der Waals surface area contributed by atoms with Crippen LogP contribution in [0.3, 0.4) is 0 Å². The van der Waals surface area contributed by atoms with E-state index in [0.29, 0.717) is 6.42 Å². The molecule has 2 rings (SSSR count). The van der Waals surface area contributed by atoms with Crippen LogP contribution in [0.15, 0.2) is 48.5 Å². The van der Waals surface area contributed by atoms with Crippen LogP contribution in [-0.4, -0.2) is 7.11 Å². The summed E-state index contributed by atoms with van der Waals surface area (Å²) >= 11 is 0. The number of methoxy groups -OCH3 is 1. The number of nitrogens with zero attached hydrogens (tertiary/aromatic N) is 1. The summed E-state index contributed by atoms with van der Waals surface area (Å²) in [5.41, 5.74) is 3.19. The van der Waals surface area contributed by atoms with E-state index in [4.69, 9.17) is 10.00 Å². The van der Waals surface area contributed by atoms with Gasteiger partial charge < -0.3 is 4.74 Å². The monoisotopic (exact) mass is 223 g/mol. The van der Waals surface area contributed by atoms with Crippen LogP contribution in [0.5, 0.6) is 5.75 Å². The second-order valence-electron chi connectivity index (χ2n) is 3.77. The molecule has 0 aliphatic rings. The number of benzene rings is 2. The molecule has 0 heterocycles. The molecule has 2 aromatic rings. The quantitative estimate of drug-likeness (QED) is 0.798. The smallest absolute Gasteiger partial charge is 0.119 e. The summed E-state index contributed by atoms with van der Waals surface area (Å²) in [5, 5.41) is 8.75. The van der Waals surface area contributed by atoms with Crippen LogP contribution in [-0.2, 0) is 6.42 Å². The lowest BCUT2D eigenvalue weighted by molar-refractivity contribution is 0.414. The molecule has 0 spiro atoms. The zero-order chi connectivity index (χ0) is 12.1. The van der Waals surface area contributed by atoms with Crippen molar-refractivity contribution in [2.75, 3.05) is 7.11 Å². The van der Waals surface area contributed by atoms with Crippen LogP contribution in [0.4, 0.5) is 0 Å². The molecule has 0 N–H and O–H groups in total. The zero-order valence-electron chi connectivity index (χ0n) is 9.68. The molecular weight excluding hydrogens is 210 g/mol. The molecule has 2 heteroatoms. The van der Waals surface area contributed by atoms with Gasteiger partial charge in [0.25, 0.3) is 0 Å². The molecule has 2 nitrogen and oxygen atoms in total. The van der Waals surface area contributed by atoms with Gasteiger partial charge in [-0.05, 0) is 34.9 Å². The molecule has 0 saturated carbocycles. The highest BCUT2D eigenvalue weighted by Gasteiger charge is 2.03. The van der Waals surface area contributed by atoms with E-state index < -0.39 is 0 Å². The lowest BCUT2D eigenvalue weighted by Gasteiger charge is -2.07. The minimum Gasteiger partial charge on any atom is -0.497 e. The van der Waals surface area contributed by atoms with E-state index in [1.165, 1.54) is 0 Å². The molecule has 0 unspecified atom stereocenters. The minimum absolute atomic E-state index is 0.400. The number of hydrogen-bond donors (Lipinski definition) is 0. The summed E-state index contributed by atoms with van der Waals surface area (Å²) in [6, 6.07) is 18.1. The lowest BCUT2D eigenvalue weighted by atomic mass is 10.0. The van der Waals surface area contributed by atoms with Gasteiger partial charge in [0.2, 0.25) is 0 Å². The molecule has 17 heavy (non-hydrogen) atoms. The Labute approximate surface area is 101 Å². The van der Waals surface area contributed by atoms with Crippen molar-refractivity contribution in [2.45, 2.75) is 6.42 Å². The van der Waals surface area contributed by atoms with E-state index in [9.17, 15) is 0 Å². The summed E-state index contributed by atoms with van der Waals surface area (Å²) in [6.45, 7) is 0. The van der Waals surface area contributed by atoms with Crippen molar-refractivity contribution in [1.29, 1.82) is 5.26 Å². The fourth-order valence-electron chi connectivity index (χ4n) is 1.77. The third-order valence-electron chi connectivity index (χ3n) is 2.59. The van der Waals surface area contributed by atoms with Gasteiger partial charge in [0.1, 0.15) is 5.75 Å². The van der Waals surface area contributed by atoms with Gasteiger partial charge in [0.15, 0.2) is 0 Å². The van der Waals surface area contributed by atoms with Crippen molar-refractivity contribution in [3.8, 4) is 22.9 Å². The third-order valence-corrected chi connectivity index (χ3v) is 2.59.